The molecule has 0 unspecified atom stereocenters. The third-order valence-corrected chi connectivity index (χ3v) is 2.48. The van der Waals surface area contributed by atoms with Crippen LogP contribution in [0.4, 0.5) is 4.39 Å². The fourth-order valence-electron chi connectivity index (χ4n) is 1.51. The Morgan fingerprint density at radius 1 is 1.26 bits per heavy atom. The van der Waals surface area contributed by atoms with E-state index in [-0.39, 0.29) is 64.9 Å². The van der Waals surface area contributed by atoms with Crippen LogP contribution in [0.1, 0.15) is 0 Å². The molecule has 6 nitrogen and oxygen atoms in total. The van der Waals surface area contributed by atoms with Crippen LogP contribution in [-0.4, -0.2) is 11.0 Å². The van der Waals surface area contributed by atoms with Gasteiger partial charge in [0.05, 0.1) is 0 Å². The average Bonchev–Trinajstić information content (AvgIpc) is 2.49. The molecule has 0 aliphatic heterocycles. The van der Waals surface area contributed by atoms with Crippen molar-refractivity contribution < 1.29 is 78.1 Å². The first-order valence-corrected chi connectivity index (χ1v) is 5.69. The minimum Gasteiger partial charge on any atom is -0.708 e. The normalized spacial score (nSPS) is 10.0. The van der Waals surface area contributed by atoms with E-state index in [4.69, 9.17) is 10.3 Å². The van der Waals surface area contributed by atoms with E-state index in [1.807, 2.05) is 6.26 Å². The molecule has 0 aliphatic carbocycles. The van der Waals surface area contributed by atoms with Crippen molar-refractivity contribution in [3.8, 4) is 16.9 Å². The van der Waals surface area contributed by atoms with Crippen LogP contribution >= 0.6 is 0 Å². The molecule has 23 heavy (non-hydrogen) atoms. The van der Waals surface area contributed by atoms with Gasteiger partial charge in [-0.25, -0.2) is 4.98 Å². The summed E-state index contributed by atoms with van der Waals surface area (Å²) in [5.74, 6) is -2.10. The van der Waals surface area contributed by atoms with E-state index >= 15 is 0 Å². The van der Waals surface area contributed by atoms with Gasteiger partial charge in [0.2, 0.25) is 5.95 Å². The molecule has 106 valence electrons. The van der Waals surface area contributed by atoms with Crippen molar-refractivity contribution in [1.82, 2.24) is 4.98 Å². The standard InChI is InChI=1S/C14H8FN3O3.2Na/c15-13-11(2-1-7-17-13)9-3-5-10(6-4-9)21-8-12(18-16)14(19)20;;/h1-7H,(H,19,20);;/q-2;2*+1/p-1. The molecule has 2 aromatic rings. The van der Waals surface area contributed by atoms with Gasteiger partial charge in [0.25, 0.3) is 0 Å². The van der Waals surface area contributed by atoms with Gasteiger partial charge in [0.15, 0.2) is 0 Å². The number of benzene rings is 1. The largest absolute Gasteiger partial charge is 1.00 e. The smallest absolute Gasteiger partial charge is 0.708 e. The third kappa shape index (κ3) is 6.14. The second-order valence-corrected chi connectivity index (χ2v) is 3.81. The number of nitrogens with zero attached hydrogens (tertiary/aromatic N) is 3. The van der Waals surface area contributed by atoms with Crippen molar-refractivity contribution in [2.24, 2.45) is 5.11 Å². The number of rotatable bonds is 5. The van der Waals surface area contributed by atoms with E-state index in [0.717, 1.165) is 0 Å². The molecular weight excluding hydrogens is 323 g/mol. The molecule has 9 heteroatoms. The van der Waals surface area contributed by atoms with Crippen LogP contribution in [-0.2, 0) is 4.79 Å². The Balaban J connectivity index is 0.00000242. The van der Waals surface area contributed by atoms with Gasteiger partial charge < -0.3 is 25.3 Å². The number of pyridine rings is 1. The summed E-state index contributed by atoms with van der Waals surface area (Å²) in [7, 11) is 0. The molecule has 0 bridgehead atoms. The number of aromatic nitrogens is 1. The summed E-state index contributed by atoms with van der Waals surface area (Å²) >= 11 is 0. The minimum atomic E-state index is -1.73. The Hall–Kier alpha value is -1.09. The minimum absolute atomic E-state index is 0. The number of carbonyl (C=O) groups is 1. The molecule has 0 radical (unpaired) electrons. The molecule has 1 aromatic heterocycles. The van der Waals surface area contributed by atoms with Gasteiger partial charge in [-0.05, 0) is 29.4 Å². The summed E-state index contributed by atoms with van der Waals surface area (Å²) in [6, 6.07) is 9.24. The maximum atomic E-state index is 13.5. The molecule has 0 spiro atoms. The Morgan fingerprint density at radius 2 is 1.91 bits per heavy atom. The molecule has 1 aromatic carbocycles. The van der Waals surface area contributed by atoms with Crippen LogP contribution in [0.25, 0.3) is 16.7 Å². The molecule has 0 amide bonds. The van der Waals surface area contributed by atoms with Crippen LogP contribution in [0.3, 0.4) is 0 Å². The number of ether oxygens (including phenoxy) is 1. The molecule has 0 saturated heterocycles. The zero-order chi connectivity index (χ0) is 15.2. The van der Waals surface area contributed by atoms with E-state index < -0.39 is 17.6 Å². The Labute approximate surface area is 175 Å². The third-order valence-electron chi connectivity index (χ3n) is 2.48. The van der Waals surface area contributed by atoms with Crippen molar-refractivity contribution >= 4 is 5.97 Å². The van der Waals surface area contributed by atoms with Gasteiger partial charge in [-0.15, -0.1) is 0 Å². The number of hydrogen-bond donors (Lipinski definition) is 0. The molecule has 0 saturated carbocycles. The number of carboxylic acid groups (broad SMARTS) is 1. The number of carboxylic acids is 1. The van der Waals surface area contributed by atoms with Crippen LogP contribution in [0.15, 0.2) is 53.4 Å². The van der Waals surface area contributed by atoms with Gasteiger partial charge in [-0.2, -0.15) is 4.39 Å². The first-order chi connectivity index (χ1) is 10.1. The van der Waals surface area contributed by atoms with E-state index in [2.05, 4.69) is 10.1 Å². The van der Waals surface area contributed by atoms with E-state index in [0.29, 0.717) is 11.1 Å². The zero-order valence-corrected chi connectivity index (χ0v) is 16.5. The molecule has 0 fully saturated rings. The van der Waals surface area contributed by atoms with Crippen molar-refractivity contribution in [3.05, 3.63) is 66.0 Å². The monoisotopic (exact) mass is 330 g/mol. The van der Waals surface area contributed by atoms with E-state index in [9.17, 15) is 14.3 Å². The van der Waals surface area contributed by atoms with Gasteiger partial charge >= 0.3 is 59.1 Å². The van der Waals surface area contributed by atoms with Gasteiger partial charge in [0.1, 0.15) is 0 Å². The summed E-state index contributed by atoms with van der Waals surface area (Å²) in [5, 5.41) is 12.9. The molecule has 2 rings (SSSR count). The first kappa shape index (κ1) is 21.9. The zero-order valence-electron chi connectivity index (χ0n) is 12.5. The van der Waals surface area contributed by atoms with Gasteiger partial charge in [-0.3, -0.25) is 0 Å². The molecular formula is C14H7FN3Na2O3-. The fraction of sp³-hybridized carbons (Fsp3) is 0. The Morgan fingerprint density at radius 3 is 2.43 bits per heavy atom. The maximum absolute atomic E-state index is 13.5. The fourth-order valence-corrected chi connectivity index (χ4v) is 1.51. The van der Waals surface area contributed by atoms with E-state index in [1.165, 1.54) is 18.3 Å². The van der Waals surface area contributed by atoms with E-state index in [1.54, 1.807) is 24.3 Å². The predicted octanol–water partition coefficient (Wildman–Crippen LogP) is -4.31. The second kappa shape index (κ2) is 10.6. The van der Waals surface area contributed by atoms with Crippen molar-refractivity contribution in [2.75, 3.05) is 0 Å². The summed E-state index contributed by atoms with van der Waals surface area (Å²) < 4.78 is 18.4. The molecule has 1 heterocycles. The van der Waals surface area contributed by atoms with Crippen LogP contribution in [0, 0.1) is 12.2 Å². The van der Waals surface area contributed by atoms with Crippen LogP contribution in [0.2, 0.25) is 0 Å². The van der Waals surface area contributed by atoms with Crippen molar-refractivity contribution in [3.63, 3.8) is 0 Å². The SMILES string of the molecule is [N-]=NC(=[C-]Oc1ccc(-c2cccnc2F)cc1)C(=O)[O-].[Na+].[Na+]. The summed E-state index contributed by atoms with van der Waals surface area (Å²) in [6.45, 7) is 0. The number of hydrogen-bond acceptors (Lipinski definition) is 5. The number of aliphatic carboxylic acids is 1. The maximum Gasteiger partial charge on any atom is 1.00 e. The first-order valence-electron chi connectivity index (χ1n) is 5.69. The topological polar surface area (TPSA) is 96.9 Å². The second-order valence-electron chi connectivity index (χ2n) is 3.81. The molecule has 0 aliphatic rings. The number of carbonyl (C=O) groups excluding carboxylic acids is 1. The summed E-state index contributed by atoms with van der Waals surface area (Å²) in [5.41, 5.74) is 8.39. The molecule has 0 N–H and O–H groups in total. The Kier molecular flexibility index (Phi) is 10.1. The van der Waals surface area contributed by atoms with Crippen molar-refractivity contribution in [1.29, 1.82) is 0 Å². The summed E-state index contributed by atoms with van der Waals surface area (Å²) in [6.07, 6.45) is 3.25. The number of halogens is 1. The molecule has 0 atom stereocenters. The van der Waals surface area contributed by atoms with Gasteiger partial charge in [0, 0.05) is 23.8 Å². The Bertz CT molecular complexity index is 709. The summed E-state index contributed by atoms with van der Waals surface area (Å²) in [4.78, 5) is 14.0. The quantitative estimate of drug-likeness (QED) is 0.138. The van der Waals surface area contributed by atoms with Gasteiger partial charge in [-0.1, -0.05) is 24.3 Å². The average molecular weight is 330 g/mol. The predicted molar refractivity (Wildman–Crippen MR) is 67.8 cm³/mol. The van der Waals surface area contributed by atoms with Crippen molar-refractivity contribution in [2.45, 2.75) is 0 Å². The van der Waals surface area contributed by atoms with Crippen LogP contribution < -0.4 is 69.0 Å². The van der Waals surface area contributed by atoms with Crippen LogP contribution in [0.5, 0.6) is 5.75 Å².